The summed E-state index contributed by atoms with van der Waals surface area (Å²) in [6.07, 6.45) is 0.450. The number of rotatable bonds is 9. The Morgan fingerprint density at radius 3 is 2.41 bits per heavy atom. The molecule has 1 unspecified atom stereocenters. The molecular weight excluding hydrogens is 492 g/mol. The molecule has 1 heterocycles. The molecule has 3 rings (SSSR count). The number of amides is 2. The van der Waals surface area contributed by atoms with Crippen molar-refractivity contribution < 1.29 is 14.3 Å². The van der Waals surface area contributed by atoms with E-state index in [1.165, 1.54) is 9.70 Å². The van der Waals surface area contributed by atoms with Gasteiger partial charge in [0, 0.05) is 16.1 Å². The molecule has 3 aromatic rings. The number of hydrogen-bond donors (Lipinski definition) is 1. The van der Waals surface area contributed by atoms with Gasteiger partial charge in [0.05, 0.1) is 12.8 Å². The second kappa shape index (κ2) is 11.7. The molecular formula is C27H35ClN6O3. The number of aromatic nitrogens is 4. The van der Waals surface area contributed by atoms with E-state index in [-0.39, 0.29) is 24.3 Å². The molecule has 0 aliphatic carbocycles. The summed E-state index contributed by atoms with van der Waals surface area (Å²) < 4.78 is 5.60. The maximum atomic E-state index is 13.9. The number of methoxy groups -OCH3 is 1. The van der Waals surface area contributed by atoms with E-state index in [0.29, 0.717) is 28.7 Å². The van der Waals surface area contributed by atoms with Gasteiger partial charge in [0.2, 0.25) is 11.7 Å². The lowest BCUT2D eigenvalue weighted by Gasteiger charge is -2.35. The molecule has 37 heavy (non-hydrogen) atoms. The van der Waals surface area contributed by atoms with E-state index >= 15 is 0 Å². The van der Waals surface area contributed by atoms with E-state index in [9.17, 15) is 9.59 Å². The van der Waals surface area contributed by atoms with E-state index in [4.69, 9.17) is 16.3 Å². The molecule has 1 N–H and O–H groups in total. The second-order valence-electron chi connectivity index (χ2n) is 10.5. The molecule has 0 radical (unpaired) electrons. The SMILES string of the molecule is COc1ccc(C)cc1N(C(=O)Cn1nnc(-c2ccc(Cl)cc2)n1)C(CC(C)C)C(=O)NC(C)(C)C. The Balaban J connectivity index is 2.02. The molecule has 1 aromatic heterocycles. The summed E-state index contributed by atoms with van der Waals surface area (Å²) in [5.41, 5.74) is 1.69. The number of carbonyl (C=O) groups is 2. The van der Waals surface area contributed by atoms with Crippen LogP contribution in [0.2, 0.25) is 5.02 Å². The van der Waals surface area contributed by atoms with Gasteiger partial charge in [-0.3, -0.25) is 14.5 Å². The highest BCUT2D eigenvalue weighted by molar-refractivity contribution is 6.30. The summed E-state index contributed by atoms with van der Waals surface area (Å²) in [6.45, 7) is 11.5. The first-order chi connectivity index (χ1) is 17.4. The van der Waals surface area contributed by atoms with E-state index in [2.05, 4.69) is 20.7 Å². The number of tetrazole rings is 1. The summed E-state index contributed by atoms with van der Waals surface area (Å²) in [6, 6.07) is 11.8. The molecule has 0 aliphatic heterocycles. The van der Waals surface area contributed by atoms with Gasteiger partial charge in [-0.2, -0.15) is 4.80 Å². The highest BCUT2D eigenvalue weighted by atomic mass is 35.5. The number of carbonyl (C=O) groups excluding carboxylic acids is 2. The van der Waals surface area contributed by atoms with Crippen LogP contribution in [0.5, 0.6) is 5.75 Å². The van der Waals surface area contributed by atoms with Crippen molar-refractivity contribution in [1.29, 1.82) is 0 Å². The number of hydrogen-bond acceptors (Lipinski definition) is 6. The highest BCUT2D eigenvalue weighted by Crippen LogP contribution is 2.33. The van der Waals surface area contributed by atoms with Crippen molar-refractivity contribution in [2.45, 2.75) is 66.1 Å². The monoisotopic (exact) mass is 526 g/mol. The van der Waals surface area contributed by atoms with Crippen LogP contribution in [-0.2, 0) is 16.1 Å². The molecule has 0 fully saturated rings. The molecule has 0 spiro atoms. The third-order valence-corrected chi connectivity index (χ3v) is 5.75. The first-order valence-electron chi connectivity index (χ1n) is 12.2. The molecule has 1 atom stereocenters. The Morgan fingerprint density at radius 1 is 1.14 bits per heavy atom. The van der Waals surface area contributed by atoms with Gasteiger partial charge in [0.1, 0.15) is 18.3 Å². The fourth-order valence-electron chi connectivity index (χ4n) is 3.92. The van der Waals surface area contributed by atoms with Crippen LogP contribution in [0.3, 0.4) is 0 Å². The van der Waals surface area contributed by atoms with E-state index in [1.807, 2.05) is 53.7 Å². The summed E-state index contributed by atoms with van der Waals surface area (Å²) in [5.74, 6) is 0.394. The van der Waals surface area contributed by atoms with E-state index < -0.39 is 11.6 Å². The van der Waals surface area contributed by atoms with Crippen molar-refractivity contribution in [3.63, 3.8) is 0 Å². The summed E-state index contributed by atoms with van der Waals surface area (Å²) in [4.78, 5) is 30.2. The quantitative estimate of drug-likeness (QED) is 0.434. The molecule has 9 nitrogen and oxygen atoms in total. The second-order valence-corrected chi connectivity index (χ2v) is 10.9. The van der Waals surface area contributed by atoms with Crippen LogP contribution >= 0.6 is 11.6 Å². The molecule has 0 aliphatic rings. The molecule has 0 bridgehead atoms. The third-order valence-electron chi connectivity index (χ3n) is 5.50. The first-order valence-corrected chi connectivity index (χ1v) is 12.6. The fraction of sp³-hybridized carbons (Fsp3) is 0.444. The Morgan fingerprint density at radius 2 is 1.81 bits per heavy atom. The normalized spacial score (nSPS) is 12.4. The van der Waals surface area contributed by atoms with Crippen molar-refractivity contribution in [1.82, 2.24) is 25.5 Å². The van der Waals surface area contributed by atoms with Gasteiger partial charge in [-0.05, 0) is 87.2 Å². The number of anilines is 1. The molecule has 198 valence electrons. The topological polar surface area (TPSA) is 102 Å². The zero-order chi connectivity index (χ0) is 27.3. The van der Waals surface area contributed by atoms with Crippen molar-refractivity contribution in [2.75, 3.05) is 12.0 Å². The minimum Gasteiger partial charge on any atom is -0.495 e. The summed E-state index contributed by atoms with van der Waals surface area (Å²) in [5, 5.41) is 16.2. The number of aryl methyl sites for hydroxylation is 1. The van der Waals surface area contributed by atoms with Crippen LogP contribution in [0, 0.1) is 12.8 Å². The minimum absolute atomic E-state index is 0.142. The van der Waals surface area contributed by atoms with Crippen molar-refractivity contribution in [2.24, 2.45) is 5.92 Å². The van der Waals surface area contributed by atoms with Crippen LogP contribution in [0.15, 0.2) is 42.5 Å². The molecule has 2 amide bonds. The summed E-state index contributed by atoms with van der Waals surface area (Å²) in [7, 11) is 1.54. The van der Waals surface area contributed by atoms with Gasteiger partial charge < -0.3 is 10.1 Å². The molecule has 0 saturated carbocycles. The van der Waals surface area contributed by atoms with Crippen molar-refractivity contribution in [3.05, 3.63) is 53.1 Å². The number of halogens is 1. The highest BCUT2D eigenvalue weighted by Gasteiger charge is 2.35. The Labute approximate surface area is 223 Å². The van der Waals surface area contributed by atoms with Crippen LogP contribution < -0.4 is 15.0 Å². The molecule has 10 heteroatoms. The predicted octanol–water partition coefficient (Wildman–Crippen LogP) is 4.67. The third kappa shape index (κ3) is 7.52. The molecule has 0 saturated heterocycles. The van der Waals surface area contributed by atoms with Gasteiger partial charge in [-0.1, -0.05) is 31.5 Å². The Kier molecular flexibility index (Phi) is 8.91. The Hall–Kier alpha value is -3.46. The van der Waals surface area contributed by atoms with Gasteiger partial charge in [0.25, 0.3) is 5.91 Å². The van der Waals surface area contributed by atoms with Gasteiger partial charge in [-0.15, -0.1) is 10.2 Å². The fourth-order valence-corrected chi connectivity index (χ4v) is 4.04. The van der Waals surface area contributed by atoms with Crippen LogP contribution in [0.1, 0.15) is 46.6 Å². The maximum Gasteiger partial charge on any atom is 0.251 e. The number of benzene rings is 2. The van der Waals surface area contributed by atoms with E-state index in [0.717, 1.165) is 11.1 Å². The lowest BCUT2D eigenvalue weighted by molar-refractivity contribution is -0.128. The van der Waals surface area contributed by atoms with Crippen LogP contribution in [0.25, 0.3) is 11.4 Å². The number of nitrogens with zero attached hydrogens (tertiary/aromatic N) is 5. The number of nitrogens with one attached hydrogen (secondary N) is 1. The minimum atomic E-state index is -0.776. The lowest BCUT2D eigenvalue weighted by atomic mass is 9.98. The van der Waals surface area contributed by atoms with Gasteiger partial charge in [-0.25, -0.2) is 0 Å². The van der Waals surface area contributed by atoms with E-state index in [1.54, 1.807) is 37.4 Å². The zero-order valence-corrected chi connectivity index (χ0v) is 23.2. The van der Waals surface area contributed by atoms with Gasteiger partial charge in [0.15, 0.2) is 0 Å². The Bertz CT molecular complexity index is 1230. The average Bonchev–Trinajstić information content (AvgIpc) is 3.26. The number of ether oxygens (including phenoxy) is 1. The predicted molar refractivity (Wildman–Crippen MR) is 145 cm³/mol. The summed E-state index contributed by atoms with van der Waals surface area (Å²) >= 11 is 5.98. The van der Waals surface area contributed by atoms with Crippen LogP contribution in [0.4, 0.5) is 5.69 Å². The standard InChI is InChI=1S/C27H35ClN6O3/c1-17(2)14-22(26(36)29-27(4,5)6)34(21-15-18(3)8-13-23(21)37-7)24(35)16-33-31-25(30-32-33)19-9-11-20(28)12-10-19/h8-13,15,17,22H,14,16H2,1-7H3,(H,29,36). The molecule has 2 aromatic carbocycles. The lowest BCUT2D eigenvalue weighted by Crippen LogP contribution is -2.55. The zero-order valence-electron chi connectivity index (χ0n) is 22.4. The first kappa shape index (κ1) is 28.1. The van der Waals surface area contributed by atoms with Crippen molar-refractivity contribution in [3.8, 4) is 17.1 Å². The maximum absolute atomic E-state index is 13.9. The average molecular weight is 527 g/mol. The smallest absolute Gasteiger partial charge is 0.251 e. The van der Waals surface area contributed by atoms with Gasteiger partial charge >= 0.3 is 0 Å². The largest absolute Gasteiger partial charge is 0.495 e. The van der Waals surface area contributed by atoms with Crippen molar-refractivity contribution >= 4 is 29.1 Å². The van der Waals surface area contributed by atoms with Crippen LogP contribution in [-0.4, -0.2) is 50.7 Å².